The van der Waals surface area contributed by atoms with E-state index in [0.717, 1.165) is 11.1 Å². The summed E-state index contributed by atoms with van der Waals surface area (Å²) in [5.41, 5.74) is 1.97. The third-order valence-corrected chi connectivity index (χ3v) is 2.06. The molecule has 13 heavy (non-hydrogen) atoms. The number of Topliss-reactive ketones (excluding diaryl/α,β-unsaturated/α-hetero) is 1. The van der Waals surface area contributed by atoms with Gasteiger partial charge in [0.2, 0.25) is 5.78 Å². The lowest BCUT2D eigenvalue weighted by atomic mass is 10.00. The molecular formula is C10H9ClO2. The molecule has 68 valence electrons. The minimum atomic E-state index is -0.933. The molecule has 0 heterocycles. The molecule has 0 amide bonds. The summed E-state index contributed by atoms with van der Waals surface area (Å²) in [4.78, 5) is 22.0. The van der Waals surface area contributed by atoms with Gasteiger partial charge in [-0.2, -0.15) is 0 Å². The Morgan fingerprint density at radius 2 is 1.62 bits per heavy atom. The van der Waals surface area contributed by atoms with Crippen molar-refractivity contribution >= 4 is 22.6 Å². The molecule has 0 spiro atoms. The van der Waals surface area contributed by atoms with Gasteiger partial charge in [0.1, 0.15) is 0 Å². The van der Waals surface area contributed by atoms with E-state index in [1.807, 2.05) is 6.07 Å². The molecule has 0 saturated carbocycles. The number of ketones is 1. The molecule has 1 aromatic rings. The zero-order valence-corrected chi connectivity index (χ0v) is 8.18. The van der Waals surface area contributed by atoms with Crippen molar-refractivity contribution in [3.8, 4) is 0 Å². The van der Waals surface area contributed by atoms with Crippen molar-refractivity contribution in [2.75, 3.05) is 0 Å². The second-order valence-corrected chi connectivity index (χ2v) is 3.21. The summed E-state index contributed by atoms with van der Waals surface area (Å²) in [6.45, 7) is 3.56. The van der Waals surface area contributed by atoms with Crippen LogP contribution in [0.5, 0.6) is 0 Å². The minimum Gasteiger partial charge on any atom is -0.284 e. The molecule has 0 aliphatic rings. The van der Waals surface area contributed by atoms with Crippen LogP contribution in [-0.4, -0.2) is 11.0 Å². The van der Waals surface area contributed by atoms with Crippen LogP contribution in [0.15, 0.2) is 18.2 Å². The lowest BCUT2D eigenvalue weighted by molar-refractivity contribution is -0.108. The van der Waals surface area contributed by atoms with Crippen molar-refractivity contribution in [3.05, 3.63) is 34.9 Å². The van der Waals surface area contributed by atoms with E-state index in [1.54, 1.807) is 26.0 Å². The molecule has 3 heteroatoms. The predicted molar refractivity (Wildman–Crippen MR) is 51.1 cm³/mol. The molecule has 1 aromatic carbocycles. The molecule has 2 nitrogen and oxygen atoms in total. The average molecular weight is 197 g/mol. The van der Waals surface area contributed by atoms with Crippen LogP contribution in [0, 0.1) is 13.8 Å². The van der Waals surface area contributed by atoms with Gasteiger partial charge in [0.25, 0.3) is 5.24 Å². The number of hydrogen-bond donors (Lipinski definition) is 0. The van der Waals surface area contributed by atoms with Crippen LogP contribution in [0.25, 0.3) is 0 Å². The second-order valence-electron chi connectivity index (χ2n) is 2.87. The lowest BCUT2D eigenvalue weighted by Crippen LogP contribution is -2.11. The summed E-state index contributed by atoms with van der Waals surface area (Å²) < 4.78 is 0. The van der Waals surface area contributed by atoms with Crippen LogP contribution in [0.4, 0.5) is 0 Å². The van der Waals surface area contributed by atoms with Gasteiger partial charge in [0.05, 0.1) is 0 Å². The van der Waals surface area contributed by atoms with Gasteiger partial charge < -0.3 is 0 Å². The van der Waals surface area contributed by atoms with Crippen molar-refractivity contribution in [2.45, 2.75) is 13.8 Å². The molecule has 0 atom stereocenters. The van der Waals surface area contributed by atoms with Gasteiger partial charge in [-0.15, -0.1) is 0 Å². The van der Waals surface area contributed by atoms with E-state index >= 15 is 0 Å². The van der Waals surface area contributed by atoms with Crippen LogP contribution in [0.3, 0.4) is 0 Å². The number of carbonyl (C=O) groups excluding carboxylic acids is 2. The van der Waals surface area contributed by atoms with Crippen molar-refractivity contribution < 1.29 is 9.59 Å². The standard InChI is InChI=1S/C10H9ClO2/c1-6-4-3-5-7(2)8(6)9(12)10(11)13/h3-5H,1-2H3. The topological polar surface area (TPSA) is 34.1 Å². The summed E-state index contributed by atoms with van der Waals surface area (Å²) in [5.74, 6) is -0.628. The quantitative estimate of drug-likeness (QED) is 0.413. The Labute approximate surface area is 81.5 Å². The van der Waals surface area contributed by atoms with Crippen molar-refractivity contribution in [1.29, 1.82) is 0 Å². The molecule has 0 aromatic heterocycles. The number of carbonyl (C=O) groups is 2. The van der Waals surface area contributed by atoms with Gasteiger partial charge in [-0.1, -0.05) is 18.2 Å². The SMILES string of the molecule is Cc1cccc(C)c1C(=O)C(=O)Cl. The van der Waals surface area contributed by atoms with Crippen LogP contribution in [0.2, 0.25) is 0 Å². The zero-order valence-electron chi connectivity index (χ0n) is 7.43. The monoisotopic (exact) mass is 196 g/mol. The van der Waals surface area contributed by atoms with Crippen LogP contribution >= 0.6 is 11.6 Å². The molecule has 1 rings (SSSR count). The van der Waals surface area contributed by atoms with Crippen LogP contribution in [0.1, 0.15) is 21.5 Å². The van der Waals surface area contributed by atoms with E-state index in [0.29, 0.717) is 5.56 Å². The molecule has 0 aliphatic heterocycles. The van der Waals surface area contributed by atoms with Crippen LogP contribution < -0.4 is 0 Å². The van der Waals surface area contributed by atoms with E-state index in [1.165, 1.54) is 0 Å². The fourth-order valence-corrected chi connectivity index (χ4v) is 1.37. The molecule has 0 N–H and O–H groups in total. The Morgan fingerprint density at radius 1 is 1.15 bits per heavy atom. The van der Waals surface area contributed by atoms with Gasteiger partial charge in [0.15, 0.2) is 0 Å². The van der Waals surface area contributed by atoms with Crippen LogP contribution in [-0.2, 0) is 4.79 Å². The highest BCUT2D eigenvalue weighted by Gasteiger charge is 2.17. The van der Waals surface area contributed by atoms with E-state index < -0.39 is 11.0 Å². The number of hydrogen-bond acceptors (Lipinski definition) is 2. The summed E-state index contributed by atoms with van der Waals surface area (Å²) in [5, 5.41) is -0.933. The number of halogens is 1. The van der Waals surface area contributed by atoms with Gasteiger partial charge in [0, 0.05) is 5.56 Å². The fraction of sp³-hybridized carbons (Fsp3) is 0.200. The first-order valence-corrected chi connectivity index (χ1v) is 4.22. The normalized spacial score (nSPS) is 9.77. The lowest BCUT2D eigenvalue weighted by Gasteiger charge is -2.04. The van der Waals surface area contributed by atoms with Gasteiger partial charge in [-0.25, -0.2) is 0 Å². The maximum absolute atomic E-state index is 11.3. The molecule has 0 bridgehead atoms. The number of rotatable bonds is 2. The van der Waals surface area contributed by atoms with Gasteiger partial charge >= 0.3 is 0 Å². The molecule has 0 unspecified atom stereocenters. The summed E-state index contributed by atoms with van der Waals surface area (Å²) in [6.07, 6.45) is 0. The molecule has 0 fully saturated rings. The smallest absolute Gasteiger partial charge is 0.284 e. The fourth-order valence-electron chi connectivity index (χ4n) is 1.27. The molecule has 0 radical (unpaired) electrons. The van der Waals surface area contributed by atoms with Gasteiger partial charge in [-0.3, -0.25) is 9.59 Å². The molecule has 0 aliphatic carbocycles. The van der Waals surface area contributed by atoms with E-state index in [-0.39, 0.29) is 0 Å². The van der Waals surface area contributed by atoms with E-state index in [9.17, 15) is 9.59 Å². The minimum absolute atomic E-state index is 0.419. The van der Waals surface area contributed by atoms with Gasteiger partial charge in [-0.05, 0) is 36.6 Å². The molecule has 0 saturated heterocycles. The summed E-state index contributed by atoms with van der Waals surface area (Å²) in [7, 11) is 0. The first kappa shape index (κ1) is 9.93. The van der Waals surface area contributed by atoms with E-state index in [4.69, 9.17) is 11.6 Å². The summed E-state index contributed by atoms with van der Waals surface area (Å²) >= 11 is 5.12. The third-order valence-electron chi connectivity index (χ3n) is 1.89. The largest absolute Gasteiger partial charge is 0.293 e. The summed E-state index contributed by atoms with van der Waals surface area (Å²) in [6, 6.07) is 5.39. The third kappa shape index (κ3) is 1.95. The van der Waals surface area contributed by atoms with Crippen molar-refractivity contribution in [1.82, 2.24) is 0 Å². The average Bonchev–Trinajstić information content (AvgIpc) is 2.03. The Hall–Kier alpha value is -1.15. The van der Waals surface area contributed by atoms with E-state index in [2.05, 4.69) is 0 Å². The van der Waals surface area contributed by atoms with Crippen molar-refractivity contribution in [2.24, 2.45) is 0 Å². The number of benzene rings is 1. The highest BCUT2D eigenvalue weighted by Crippen LogP contribution is 2.14. The Kier molecular flexibility index (Phi) is 2.83. The molecular weight excluding hydrogens is 188 g/mol. The first-order chi connectivity index (χ1) is 6.04. The maximum atomic E-state index is 11.3. The Balaban J connectivity index is 3.28. The zero-order chi connectivity index (χ0) is 10.0. The van der Waals surface area contributed by atoms with Crippen molar-refractivity contribution in [3.63, 3.8) is 0 Å². The first-order valence-electron chi connectivity index (χ1n) is 3.84. The Bertz CT molecular complexity index is 349. The number of aryl methyl sites for hydroxylation is 2. The maximum Gasteiger partial charge on any atom is 0.293 e. The highest BCUT2D eigenvalue weighted by molar-refractivity contribution is 6.83. The second kappa shape index (κ2) is 3.71. The highest BCUT2D eigenvalue weighted by atomic mass is 35.5. The Morgan fingerprint density at radius 3 is 2.00 bits per heavy atom. The predicted octanol–water partition coefficient (Wildman–Crippen LogP) is 2.25.